The van der Waals surface area contributed by atoms with Crippen LogP contribution in [0.2, 0.25) is 0 Å². The minimum atomic E-state index is -0.806. The van der Waals surface area contributed by atoms with Crippen molar-refractivity contribution >= 4 is 0 Å². The van der Waals surface area contributed by atoms with Crippen molar-refractivity contribution in [2.75, 3.05) is 0 Å². The lowest BCUT2D eigenvalue weighted by Gasteiger charge is -2.74. The lowest BCUT2D eigenvalue weighted by Crippen LogP contribution is -2.79. The van der Waals surface area contributed by atoms with E-state index < -0.39 is 17.0 Å². The van der Waals surface area contributed by atoms with Crippen LogP contribution in [0.5, 0.6) is 0 Å². The molecular weight excluding hydrogens is 384 g/mol. The molecule has 3 nitrogen and oxygen atoms in total. The van der Waals surface area contributed by atoms with Gasteiger partial charge >= 0.3 is 0 Å². The molecule has 2 atom stereocenters. The molecule has 2 aliphatic heterocycles. The molecule has 2 heterocycles. The molecule has 0 saturated carbocycles. The van der Waals surface area contributed by atoms with Gasteiger partial charge in [-0.15, -0.1) is 0 Å². The summed E-state index contributed by atoms with van der Waals surface area (Å²) in [5, 5.41) is 0. The molecule has 31 heavy (non-hydrogen) atoms. The molecule has 2 rings (SSSR count). The van der Waals surface area contributed by atoms with Crippen LogP contribution in [0.3, 0.4) is 0 Å². The molecule has 0 N–H and O–H groups in total. The second kappa shape index (κ2) is 6.30. The van der Waals surface area contributed by atoms with Gasteiger partial charge in [0.05, 0.1) is 16.8 Å². The molecule has 3 heteroatoms. The Morgan fingerprint density at radius 1 is 0.355 bits per heavy atom. The number of ether oxygens (including phenoxy) is 3. The van der Waals surface area contributed by atoms with Crippen LogP contribution in [-0.4, -0.2) is 28.2 Å². The SMILES string of the molecule is CC1(C)O[C@@](C)(O[C@]2(C)C(C)(C)OC(C)(C)C(C)(C)C2(C)C)C(C)(C)C(C)(C)C1(C)C. The topological polar surface area (TPSA) is 27.7 Å². The van der Waals surface area contributed by atoms with Crippen LogP contribution in [0.15, 0.2) is 0 Å². The largest absolute Gasteiger partial charge is 0.366 e. The van der Waals surface area contributed by atoms with Gasteiger partial charge in [-0.05, 0) is 66.2 Å². The highest BCUT2D eigenvalue weighted by molar-refractivity contribution is 5.20. The van der Waals surface area contributed by atoms with Crippen LogP contribution in [0, 0.1) is 27.1 Å². The van der Waals surface area contributed by atoms with Crippen LogP contribution in [0.1, 0.15) is 125 Å². The monoisotopic (exact) mass is 438 g/mol. The zero-order valence-corrected chi connectivity index (χ0v) is 24.2. The fraction of sp³-hybridized carbons (Fsp3) is 1.00. The summed E-state index contributed by atoms with van der Waals surface area (Å²) in [6.45, 7) is 41.0. The molecule has 0 unspecified atom stereocenters. The number of hydrogen-bond donors (Lipinski definition) is 0. The van der Waals surface area contributed by atoms with E-state index in [9.17, 15) is 0 Å². The van der Waals surface area contributed by atoms with Crippen molar-refractivity contribution in [2.45, 2.75) is 153 Å². The Hall–Kier alpha value is -0.120. The molecule has 0 aromatic rings. The maximum Gasteiger partial charge on any atom is 0.172 e. The van der Waals surface area contributed by atoms with E-state index in [1.165, 1.54) is 0 Å². The highest BCUT2D eigenvalue weighted by Gasteiger charge is 2.74. The molecule has 0 spiro atoms. The molecular formula is C28H54O3. The second-order valence-corrected chi connectivity index (χ2v) is 14.9. The maximum absolute atomic E-state index is 7.40. The zero-order chi connectivity index (χ0) is 25.1. The Morgan fingerprint density at radius 3 is 1.13 bits per heavy atom. The van der Waals surface area contributed by atoms with Crippen molar-refractivity contribution in [3.8, 4) is 0 Å². The fourth-order valence-corrected chi connectivity index (χ4v) is 6.60. The molecule has 0 aromatic carbocycles. The average molecular weight is 439 g/mol. The third-order valence-electron chi connectivity index (χ3n) is 12.5. The molecule has 184 valence electrons. The van der Waals surface area contributed by atoms with Crippen molar-refractivity contribution in [3.63, 3.8) is 0 Å². The Labute approximate surface area is 194 Å². The van der Waals surface area contributed by atoms with Crippen LogP contribution in [0.4, 0.5) is 0 Å². The first-order valence-electron chi connectivity index (χ1n) is 12.2. The Bertz CT molecular complexity index is 735. The van der Waals surface area contributed by atoms with Gasteiger partial charge in [-0.25, -0.2) is 0 Å². The maximum atomic E-state index is 7.40. The van der Waals surface area contributed by atoms with Crippen molar-refractivity contribution in [2.24, 2.45) is 27.1 Å². The first-order valence-corrected chi connectivity index (χ1v) is 12.2. The lowest BCUT2D eigenvalue weighted by molar-refractivity contribution is -0.471. The first-order chi connectivity index (χ1) is 13.1. The predicted molar refractivity (Wildman–Crippen MR) is 131 cm³/mol. The second-order valence-electron chi connectivity index (χ2n) is 14.9. The Balaban J connectivity index is 2.74. The summed E-state index contributed by atoms with van der Waals surface area (Å²) in [7, 11) is 0. The van der Waals surface area contributed by atoms with Crippen LogP contribution in [0.25, 0.3) is 0 Å². The van der Waals surface area contributed by atoms with Gasteiger partial charge in [0.15, 0.2) is 5.79 Å². The van der Waals surface area contributed by atoms with E-state index in [4.69, 9.17) is 14.2 Å². The number of rotatable bonds is 2. The first kappa shape index (κ1) is 27.1. The average Bonchev–Trinajstić information content (AvgIpc) is 2.49. The minimum Gasteiger partial charge on any atom is -0.366 e. The molecule has 0 amide bonds. The van der Waals surface area contributed by atoms with Gasteiger partial charge in [-0.1, -0.05) is 69.2 Å². The quantitative estimate of drug-likeness (QED) is 0.437. The zero-order valence-electron chi connectivity index (χ0n) is 24.2. The summed E-state index contributed by atoms with van der Waals surface area (Å²) in [6, 6.07) is 0. The number of hydrogen-bond acceptors (Lipinski definition) is 3. The summed E-state index contributed by atoms with van der Waals surface area (Å²) in [5.41, 5.74) is -2.47. The molecule has 0 radical (unpaired) electrons. The van der Waals surface area contributed by atoms with Crippen molar-refractivity contribution in [1.29, 1.82) is 0 Å². The van der Waals surface area contributed by atoms with Crippen LogP contribution < -0.4 is 0 Å². The molecule has 0 aromatic heterocycles. The molecule has 2 aliphatic rings. The van der Waals surface area contributed by atoms with Gasteiger partial charge in [0.25, 0.3) is 0 Å². The van der Waals surface area contributed by atoms with Crippen LogP contribution in [-0.2, 0) is 14.2 Å². The van der Waals surface area contributed by atoms with E-state index >= 15 is 0 Å². The highest BCUT2D eigenvalue weighted by atomic mass is 16.7. The van der Waals surface area contributed by atoms with Gasteiger partial charge in [-0.3, -0.25) is 0 Å². The fourth-order valence-electron chi connectivity index (χ4n) is 6.60. The van der Waals surface area contributed by atoms with E-state index in [1.54, 1.807) is 0 Å². The van der Waals surface area contributed by atoms with E-state index in [0.717, 1.165) is 0 Å². The third-order valence-corrected chi connectivity index (χ3v) is 12.5. The summed E-state index contributed by atoms with van der Waals surface area (Å²) < 4.78 is 21.3. The Morgan fingerprint density at radius 2 is 0.710 bits per heavy atom. The van der Waals surface area contributed by atoms with Crippen molar-refractivity contribution in [3.05, 3.63) is 0 Å². The summed E-state index contributed by atoms with van der Waals surface area (Å²) in [6.07, 6.45) is 0. The van der Waals surface area contributed by atoms with Gasteiger partial charge < -0.3 is 14.2 Å². The van der Waals surface area contributed by atoms with Gasteiger partial charge in [0.1, 0.15) is 5.60 Å². The Kier molecular flexibility index (Phi) is 5.52. The molecule has 2 saturated heterocycles. The molecule has 2 fully saturated rings. The van der Waals surface area contributed by atoms with Gasteiger partial charge in [-0.2, -0.15) is 0 Å². The van der Waals surface area contributed by atoms with E-state index in [-0.39, 0.29) is 38.3 Å². The smallest absolute Gasteiger partial charge is 0.172 e. The van der Waals surface area contributed by atoms with E-state index in [1.807, 2.05) is 0 Å². The van der Waals surface area contributed by atoms with Gasteiger partial charge in [0.2, 0.25) is 0 Å². The third kappa shape index (κ3) is 2.88. The van der Waals surface area contributed by atoms with Gasteiger partial charge in [0, 0.05) is 16.2 Å². The van der Waals surface area contributed by atoms with Crippen molar-refractivity contribution in [1.82, 2.24) is 0 Å². The highest BCUT2D eigenvalue weighted by Crippen LogP contribution is 2.70. The molecule has 0 bridgehead atoms. The molecule has 0 aliphatic carbocycles. The lowest BCUT2D eigenvalue weighted by atomic mass is 9.45. The van der Waals surface area contributed by atoms with E-state index in [2.05, 4.69) is 125 Å². The predicted octanol–water partition coefficient (Wildman–Crippen LogP) is 8.01. The standard InChI is InChI=1S/C28H54O3/c1-19(2)20(3,4)25(13,14)30-28(18,23(19,9)10)31-27(17)22(7,8)21(5,6)24(11,12)29-26(27,15)16/h1-18H3/t27-,28-/m0/s1. The summed E-state index contributed by atoms with van der Waals surface area (Å²) in [4.78, 5) is 0. The van der Waals surface area contributed by atoms with Crippen LogP contribution >= 0.6 is 0 Å². The normalized spacial score (nSPS) is 40.8. The summed E-state index contributed by atoms with van der Waals surface area (Å²) in [5.74, 6) is -0.806. The minimum absolute atomic E-state index is 0.0501. The van der Waals surface area contributed by atoms with E-state index in [0.29, 0.717) is 0 Å². The van der Waals surface area contributed by atoms with Crippen molar-refractivity contribution < 1.29 is 14.2 Å². The summed E-state index contributed by atoms with van der Waals surface area (Å²) >= 11 is 0.